The fourth-order valence-electron chi connectivity index (χ4n) is 2.62. The quantitative estimate of drug-likeness (QED) is 0.621. The average molecular weight is 295 g/mol. The molecule has 0 fully saturated rings. The molecule has 0 saturated carbocycles. The minimum atomic E-state index is 0.746. The van der Waals surface area contributed by atoms with Gasteiger partial charge >= 0.3 is 0 Å². The van der Waals surface area contributed by atoms with Crippen LogP contribution in [0.1, 0.15) is 25.6 Å². The molecule has 0 spiro atoms. The van der Waals surface area contributed by atoms with Crippen LogP contribution in [0.4, 0.5) is 0 Å². The average Bonchev–Trinajstić information content (AvgIpc) is 2.93. The number of aromatic nitrogens is 3. The van der Waals surface area contributed by atoms with Crippen molar-refractivity contribution in [3.8, 4) is 5.75 Å². The number of ether oxygens (including phenoxy) is 1. The number of pyridine rings is 1. The van der Waals surface area contributed by atoms with Gasteiger partial charge in [-0.1, -0.05) is 25.1 Å². The van der Waals surface area contributed by atoms with E-state index in [4.69, 9.17) is 4.74 Å². The van der Waals surface area contributed by atoms with Gasteiger partial charge in [0.25, 0.3) is 0 Å². The summed E-state index contributed by atoms with van der Waals surface area (Å²) in [6.45, 7) is 3.85. The van der Waals surface area contributed by atoms with Crippen molar-refractivity contribution in [3.63, 3.8) is 0 Å². The molecule has 3 aromatic rings. The van der Waals surface area contributed by atoms with Crippen LogP contribution in [-0.2, 0) is 13.0 Å². The highest BCUT2D eigenvalue weighted by Crippen LogP contribution is 2.16. The third kappa shape index (κ3) is 3.27. The Bertz CT molecular complexity index is 722. The van der Waals surface area contributed by atoms with Gasteiger partial charge in [0, 0.05) is 19.2 Å². The number of nitrogens with zero attached hydrogens (tertiary/aromatic N) is 3. The molecule has 0 aliphatic carbocycles. The minimum Gasteiger partial charge on any atom is -0.494 e. The van der Waals surface area contributed by atoms with E-state index in [0.29, 0.717) is 0 Å². The summed E-state index contributed by atoms with van der Waals surface area (Å²) >= 11 is 0. The van der Waals surface area contributed by atoms with Crippen LogP contribution in [0.25, 0.3) is 11.0 Å². The summed E-state index contributed by atoms with van der Waals surface area (Å²) in [4.78, 5) is 8.89. The third-order valence-electron chi connectivity index (χ3n) is 3.73. The van der Waals surface area contributed by atoms with Crippen LogP contribution in [-0.4, -0.2) is 21.1 Å². The molecular formula is C18H21N3O. The van der Waals surface area contributed by atoms with Crippen molar-refractivity contribution in [2.75, 3.05) is 6.61 Å². The molecule has 0 unspecified atom stereocenters. The van der Waals surface area contributed by atoms with E-state index in [1.807, 2.05) is 42.6 Å². The van der Waals surface area contributed by atoms with Crippen molar-refractivity contribution in [1.82, 2.24) is 14.5 Å². The molecule has 0 aliphatic rings. The molecule has 0 N–H and O–H groups in total. The molecule has 0 saturated heterocycles. The number of para-hydroxylation sites is 1. The first kappa shape index (κ1) is 14.6. The van der Waals surface area contributed by atoms with Gasteiger partial charge in [-0.2, -0.15) is 0 Å². The third-order valence-corrected chi connectivity index (χ3v) is 3.73. The van der Waals surface area contributed by atoms with Crippen LogP contribution in [0.15, 0.2) is 48.8 Å². The Morgan fingerprint density at radius 3 is 2.77 bits per heavy atom. The summed E-state index contributed by atoms with van der Waals surface area (Å²) in [6.07, 6.45) is 6.74. The number of imidazole rings is 1. The van der Waals surface area contributed by atoms with Gasteiger partial charge in [0.05, 0.1) is 23.8 Å². The number of aryl methyl sites for hydroxylation is 2. The second-order valence-electron chi connectivity index (χ2n) is 5.27. The Balaban J connectivity index is 1.55. The SMILES string of the molecule is CCc1nc2ccncc2n1CCCCOc1ccccc1. The van der Waals surface area contributed by atoms with Gasteiger partial charge in [-0.05, 0) is 31.0 Å². The van der Waals surface area contributed by atoms with E-state index in [1.54, 1.807) is 6.20 Å². The number of hydrogen-bond donors (Lipinski definition) is 0. The monoisotopic (exact) mass is 295 g/mol. The zero-order valence-electron chi connectivity index (χ0n) is 12.9. The summed E-state index contributed by atoms with van der Waals surface area (Å²) in [6, 6.07) is 11.9. The highest BCUT2D eigenvalue weighted by Gasteiger charge is 2.08. The van der Waals surface area contributed by atoms with E-state index in [0.717, 1.165) is 55.0 Å². The summed E-state index contributed by atoms with van der Waals surface area (Å²) in [7, 11) is 0. The smallest absolute Gasteiger partial charge is 0.119 e. The minimum absolute atomic E-state index is 0.746. The van der Waals surface area contributed by atoms with Gasteiger partial charge in [0.1, 0.15) is 11.6 Å². The van der Waals surface area contributed by atoms with Crippen LogP contribution in [0.5, 0.6) is 5.75 Å². The van der Waals surface area contributed by atoms with Gasteiger partial charge in [-0.25, -0.2) is 4.98 Å². The summed E-state index contributed by atoms with van der Waals surface area (Å²) in [5.74, 6) is 2.07. The Labute approximate surface area is 130 Å². The molecule has 3 rings (SSSR count). The molecule has 1 aromatic carbocycles. The fraction of sp³-hybridized carbons (Fsp3) is 0.333. The molecule has 22 heavy (non-hydrogen) atoms. The van der Waals surface area contributed by atoms with E-state index in [-0.39, 0.29) is 0 Å². The van der Waals surface area contributed by atoms with Crippen LogP contribution >= 0.6 is 0 Å². The van der Waals surface area contributed by atoms with E-state index < -0.39 is 0 Å². The first-order valence-electron chi connectivity index (χ1n) is 7.85. The number of benzene rings is 1. The molecule has 0 amide bonds. The zero-order valence-corrected chi connectivity index (χ0v) is 12.9. The second kappa shape index (κ2) is 7.07. The highest BCUT2D eigenvalue weighted by molar-refractivity contribution is 5.74. The Hall–Kier alpha value is -2.36. The van der Waals surface area contributed by atoms with Gasteiger partial charge in [0.15, 0.2) is 0 Å². The van der Waals surface area contributed by atoms with E-state index in [1.165, 1.54) is 0 Å². The molecule has 2 aromatic heterocycles. The lowest BCUT2D eigenvalue weighted by Gasteiger charge is -2.09. The van der Waals surface area contributed by atoms with Crippen molar-refractivity contribution in [2.24, 2.45) is 0 Å². The van der Waals surface area contributed by atoms with E-state index >= 15 is 0 Å². The van der Waals surface area contributed by atoms with Crippen molar-refractivity contribution < 1.29 is 4.74 Å². The van der Waals surface area contributed by atoms with E-state index in [9.17, 15) is 0 Å². The molecule has 2 heterocycles. The number of rotatable bonds is 7. The molecule has 4 nitrogen and oxygen atoms in total. The van der Waals surface area contributed by atoms with Crippen LogP contribution in [0.2, 0.25) is 0 Å². The standard InChI is InChI=1S/C18H21N3O/c1-2-18-20-16-10-11-19-14-17(16)21(18)12-6-7-13-22-15-8-4-3-5-9-15/h3-5,8-11,14H,2,6-7,12-13H2,1H3. The van der Waals surface area contributed by atoms with Crippen molar-refractivity contribution in [2.45, 2.75) is 32.7 Å². The molecular weight excluding hydrogens is 274 g/mol. The molecule has 0 bridgehead atoms. The van der Waals surface area contributed by atoms with Crippen LogP contribution < -0.4 is 4.74 Å². The van der Waals surface area contributed by atoms with Crippen molar-refractivity contribution >= 4 is 11.0 Å². The predicted octanol–water partition coefficient (Wildman–Crippen LogP) is 3.85. The maximum atomic E-state index is 5.73. The first-order valence-corrected chi connectivity index (χ1v) is 7.85. The maximum absolute atomic E-state index is 5.73. The first-order chi connectivity index (χ1) is 10.9. The molecule has 0 radical (unpaired) electrons. The lowest BCUT2D eigenvalue weighted by atomic mass is 10.3. The summed E-state index contributed by atoms with van der Waals surface area (Å²) in [5.41, 5.74) is 2.16. The predicted molar refractivity (Wildman–Crippen MR) is 88.1 cm³/mol. The summed E-state index contributed by atoms with van der Waals surface area (Å²) in [5, 5.41) is 0. The normalized spacial score (nSPS) is 11.0. The largest absolute Gasteiger partial charge is 0.494 e. The number of fused-ring (bicyclic) bond motifs is 1. The number of unbranched alkanes of at least 4 members (excludes halogenated alkanes) is 1. The Morgan fingerprint density at radius 1 is 1.09 bits per heavy atom. The molecule has 114 valence electrons. The number of hydrogen-bond acceptors (Lipinski definition) is 3. The summed E-state index contributed by atoms with van der Waals surface area (Å²) < 4.78 is 8.01. The topological polar surface area (TPSA) is 39.9 Å². The zero-order chi connectivity index (χ0) is 15.2. The van der Waals surface area contributed by atoms with Crippen molar-refractivity contribution in [3.05, 3.63) is 54.6 Å². The lowest BCUT2D eigenvalue weighted by Crippen LogP contribution is -2.05. The van der Waals surface area contributed by atoms with Gasteiger partial charge in [-0.3, -0.25) is 4.98 Å². The molecule has 4 heteroatoms. The highest BCUT2D eigenvalue weighted by atomic mass is 16.5. The van der Waals surface area contributed by atoms with E-state index in [2.05, 4.69) is 21.5 Å². The van der Waals surface area contributed by atoms with Gasteiger partial charge in [-0.15, -0.1) is 0 Å². The fourth-order valence-corrected chi connectivity index (χ4v) is 2.62. The van der Waals surface area contributed by atoms with Gasteiger partial charge in [0.2, 0.25) is 0 Å². The lowest BCUT2D eigenvalue weighted by molar-refractivity contribution is 0.303. The molecule has 0 atom stereocenters. The Morgan fingerprint density at radius 2 is 1.95 bits per heavy atom. The van der Waals surface area contributed by atoms with Crippen LogP contribution in [0, 0.1) is 0 Å². The van der Waals surface area contributed by atoms with Crippen LogP contribution in [0.3, 0.4) is 0 Å². The second-order valence-corrected chi connectivity index (χ2v) is 5.27. The molecule has 0 aliphatic heterocycles. The van der Waals surface area contributed by atoms with Crippen molar-refractivity contribution in [1.29, 1.82) is 0 Å². The van der Waals surface area contributed by atoms with Gasteiger partial charge < -0.3 is 9.30 Å². The maximum Gasteiger partial charge on any atom is 0.119 e. The Kier molecular flexibility index (Phi) is 4.68.